The van der Waals surface area contributed by atoms with Crippen LogP contribution in [0.3, 0.4) is 0 Å². The van der Waals surface area contributed by atoms with E-state index in [2.05, 4.69) is 10.3 Å². The van der Waals surface area contributed by atoms with E-state index in [4.69, 9.17) is 9.47 Å². The molecule has 2 fully saturated rings. The minimum Gasteiger partial charge on any atom is -0.497 e. The van der Waals surface area contributed by atoms with Gasteiger partial charge in [0.05, 0.1) is 43.7 Å². The Labute approximate surface area is 293 Å². The molecule has 0 bridgehead atoms. The first-order chi connectivity index (χ1) is 24.0. The molecule has 2 saturated heterocycles. The molecule has 0 saturated carbocycles. The number of aliphatic hydroxyl groups is 1. The number of rotatable bonds is 11. The molecule has 0 aliphatic carbocycles. The number of aliphatic hydroxyl groups excluding tert-OH is 1. The molecule has 1 N–H and O–H groups in total. The van der Waals surface area contributed by atoms with E-state index in [0.717, 1.165) is 28.9 Å². The van der Waals surface area contributed by atoms with Gasteiger partial charge in [-0.25, -0.2) is 0 Å². The molecule has 5 atom stereocenters. The Morgan fingerprint density at radius 2 is 1.86 bits per heavy atom. The lowest BCUT2D eigenvalue weighted by Crippen LogP contribution is -2.45. The first-order valence-corrected chi connectivity index (χ1v) is 20.3. The number of hydrogen-bond donors (Lipinski definition) is 1. The van der Waals surface area contributed by atoms with E-state index >= 15 is 4.11 Å². The third-order valence-corrected chi connectivity index (χ3v) is 13.2. The molecule has 3 aromatic carbocycles. The molecule has 7 rings (SSSR count). The highest BCUT2D eigenvalue weighted by Gasteiger charge is 2.66. The maximum atomic E-state index is 16.4. The second-order valence-corrected chi connectivity index (χ2v) is 18.0. The summed E-state index contributed by atoms with van der Waals surface area (Å²) in [6, 6.07) is 23.0. The Balaban J connectivity index is 1.17. The number of aromatic nitrogens is 3. The van der Waals surface area contributed by atoms with E-state index in [1.807, 2.05) is 85.9 Å². The van der Waals surface area contributed by atoms with Crippen molar-refractivity contribution in [2.45, 2.75) is 75.5 Å². The van der Waals surface area contributed by atoms with Gasteiger partial charge in [0.1, 0.15) is 5.75 Å². The van der Waals surface area contributed by atoms with E-state index in [0.29, 0.717) is 49.5 Å². The highest BCUT2D eigenvalue weighted by atomic mass is 28.4. The largest absolute Gasteiger partial charge is 0.497 e. The van der Waals surface area contributed by atoms with Crippen molar-refractivity contribution in [2.75, 3.05) is 30.1 Å². The molecule has 0 radical (unpaired) electrons. The number of nitrogens with zero attached hydrogens (tertiary/aromatic N) is 5. The lowest BCUT2D eigenvalue weighted by atomic mass is 9.82. The molecular formula is C38H44FN5O5Si. The average molecular weight is 698 g/mol. The zero-order valence-electron chi connectivity index (χ0n) is 29.0. The number of hydrogen-bond acceptors (Lipinski definition) is 7. The molecule has 4 aromatic rings. The molecule has 1 unspecified atom stereocenters. The fourth-order valence-electron chi connectivity index (χ4n) is 8.36. The number of ether oxygens (including phenoxy) is 2. The van der Waals surface area contributed by atoms with Gasteiger partial charge < -0.3 is 28.5 Å². The van der Waals surface area contributed by atoms with E-state index in [9.17, 15) is 14.7 Å². The number of carbonyl (C=O) groups is 2. The summed E-state index contributed by atoms with van der Waals surface area (Å²) in [7, 11) is -1.79. The zero-order chi connectivity index (χ0) is 35.2. The van der Waals surface area contributed by atoms with Crippen LogP contribution in [-0.4, -0.2) is 66.7 Å². The van der Waals surface area contributed by atoms with Crippen LogP contribution in [0.2, 0.25) is 18.6 Å². The van der Waals surface area contributed by atoms with E-state index in [-0.39, 0.29) is 24.3 Å². The molecule has 3 aliphatic heterocycles. The van der Waals surface area contributed by atoms with Crippen LogP contribution in [0.4, 0.5) is 15.5 Å². The fourth-order valence-corrected chi connectivity index (χ4v) is 10.9. The van der Waals surface area contributed by atoms with Crippen molar-refractivity contribution >= 4 is 31.6 Å². The van der Waals surface area contributed by atoms with Crippen molar-refractivity contribution in [1.29, 1.82) is 0 Å². The summed E-state index contributed by atoms with van der Waals surface area (Å²) < 4.78 is 30.7. The van der Waals surface area contributed by atoms with Crippen molar-refractivity contribution in [3.05, 3.63) is 101 Å². The van der Waals surface area contributed by atoms with Crippen molar-refractivity contribution in [3.8, 4) is 5.75 Å². The first-order valence-electron chi connectivity index (χ1n) is 17.4. The van der Waals surface area contributed by atoms with Gasteiger partial charge in [-0.2, -0.15) is 0 Å². The number of anilines is 2. The maximum absolute atomic E-state index is 16.4. The van der Waals surface area contributed by atoms with Crippen molar-refractivity contribution < 1.29 is 28.3 Å². The van der Waals surface area contributed by atoms with Crippen molar-refractivity contribution in [1.82, 2.24) is 15.0 Å². The number of halogens is 1. The molecule has 10 nitrogen and oxygen atoms in total. The Morgan fingerprint density at radius 1 is 1.10 bits per heavy atom. The molecule has 2 amide bonds. The van der Waals surface area contributed by atoms with Gasteiger partial charge in [-0.3, -0.25) is 14.3 Å². The Kier molecular flexibility index (Phi) is 9.12. The number of methoxy groups -OCH3 is 1. The van der Waals surface area contributed by atoms with Gasteiger partial charge in [0, 0.05) is 48.4 Å². The number of carbonyl (C=O) groups excluding carboxylic acids is 2. The van der Waals surface area contributed by atoms with Gasteiger partial charge in [0.25, 0.3) is 5.91 Å². The van der Waals surface area contributed by atoms with Crippen molar-refractivity contribution in [3.63, 3.8) is 0 Å². The van der Waals surface area contributed by atoms with Crippen LogP contribution >= 0.6 is 0 Å². The van der Waals surface area contributed by atoms with Crippen LogP contribution in [0, 0.1) is 5.92 Å². The summed E-state index contributed by atoms with van der Waals surface area (Å²) in [4.78, 5) is 30.6. The normalized spacial score (nSPS) is 24.0. The summed E-state index contributed by atoms with van der Waals surface area (Å²) in [6.07, 6.45) is 3.11. The van der Waals surface area contributed by atoms with Gasteiger partial charge in [-0.05, 0) is 67.4 Å². The first kappa shape index (κ1) is 34.1. The van der Waals surface area contributed by atoms with Crippen LogP contribution in [0.15, 0.2) is 79.0 Å². The molecule has 1 spiro atoms. The molecular weight excluding hydrogens is 654 g/mol. The predicted molar refractivity (Wildman–Crippen MR) is 190 cm³/mol. The van der Waals surface area contributed by atoms with Gasteiger partial charge in [0.2, 0.25) is 14.3 Å². The van der Waals surface area contributed by atoms with Crippen LogP contribution in [0.1, 0.15) is 54.5 Å². The predicted octanol–water partition coefficient (Wildman–Crippen LogP) is 5.95. The minimum atomic E-state index is -3.38. The van der Waals surface area contributed by atoms with Crippen molar-refractivity contribution in [2.24, 2.45) is 5.92 Å². The topological polar surface area (TPSA) is 110 Å². The maximum Gasteiger partial charge on any atom is 0.264 e. The van der Waals surface area contributed by atoms with Gasteiger partial charge in [-0.1, -0.05) is 54.6 Å². The smallest absolute Gasteiger partial charge is 0.264 e. The quantitative estimate of drug-likeness (QED) is 0.152. The number of benzene rings is 3. The van der Waals surface area contributed by atoms with E-state index in [1.54, 1.807) is 34.7 Å². The third-order valence-electron chi connectivity index (χ3n) is 10.8. The summed E-state index contributed by atoms with van der Waals surface area (Å²) in [6.45, 7) is 6.64. The Bertz CT molecular complexity index is 1870. The van der Waals surface area contributed by atoms with E-state index < -0.39 is 31.6 Å². The Hall–Kier alpha value is -4.39. The van der Waals surface area contributed by atoms with Crippen LogP contribution < -0.4 is 14.5 Å². The van der Waals surface area contributed by atoms with Gasteiger partial charge >= 0.3 is 0 Å². The van der Waals surface area contributed by atoms with Gasteiger partial charge in [-0.15, -0.1) is 5.10 Å². The molecule has 4 heterocycles. The van der Waals surface area contributed by atoms with E-state index in [1.165, 1.54) is 0 Å². The Morgan fingerprint density at radius 3 is 2.52 bits per heavy atom. The number of fused-ring (bicyclic) bond motifs is 2. The molecule has 262 valence electrons. The van der Waals surface area contributed by atoms with Crippen LogP contribution in [0.25, 0.3) is 0 Å². The molecule has 1 aromatic heterocycles. The monoisotopic (exact) mass is 697 g/mol. The summed E-state index contributed by atoms with van der Waals surface area (Å²) in [5.41, 5.74) is 2.90. The summed E-state index contributed by atoms with van der Waals surface area (Å²) in [5.74, 6) is -0.257. The molecule has 50 heavy (non-hydrogen) atoms. The molecule has 3 aliphatic rings. The lowest BCUT2D eigenvalue weighted by Gasteiger charge is -2.31. The minimum absolute atomic E-state index is 0.109. The highest BCUT2D eigenvalue weighted by molar-refractivity contribution is 6.72. The SMILES string of the molecule is COc1ccc2c(c1)[C@@]1(O[C@H](CCn3cc(C(CO)c4ccccc4)nn3)[C@@H]([Si](C)(C)F)[C@@H]1C)C(=O)N2Cc1ccc(N2CCCC2=O)cc1. The summed E-state index contributed by atoms with van der Waals surface area (Å²) >= 11 is 0. The molecule has 12 heteroatoms. The van der Waals surface area contributed by atoms with Gasteiger partial charge in [0.15, 0.2) is 5.60 Å². The summed E-state index contributed by atoms with van der Waals surface area (Å²) in [5, 5.41) is 18.8. The highest BCUT2D eigenvalue weighted by Crippen LogP contribution is 2.60. The fraction of sp³-hybridized carbons (Fsp3) is 0.421. The number of aryl methyl sites for hydroxylation is 1. The average Bonchev–Trinajstić information content (AvgIpc) is 3.88. The standard InChI is InChI=1S/C38H44FN5O5Si/c1-25-36(50(3,4)39)34(18-20-42-23-32(40-41-42)30(24-45)27-9-6-5-7-10-27)49-38(25)31-21-29(48-2)16-17-33(31)44(37(38)47)22-26-12-14-28(15-13-26)43-19-8-11-35(43)46/h5-7,9-10,12-17,21,23,25,30,34,36,45H,8,11,18-20,22,24H2,1-4H3/t25-,30?,34+,36-,38+/m0/s1. The second kappa shape index (κ2) is 13.4. The van der Waals surface area contributed by atoms with Crippen LogP contribution in [0.5, 0.6) is 5.75 Å². The number of amides is 2. The zero-order valence-corrected chi connectivity index (χ0v) is 30.0. The third kappa shape index (κ3) is 5.92. The second-order valence-electron chi connectivity index (χ2n) is 14.2. The lowest BCUT2D eigenvalue weighted by molar-refractivity contribution is -0.146. The van der Waals surface area contributed by atoms with Crippen LogP contribution in [-0.2, 0) is 33.0 Å².